The molecule has 132 valence electrons. The maximum atomic E-state index is 12.4. The number of carbonyl (C=O) groups excluding carboxylic acids is 2. The number of nitriles is 1. The molecule has 5 nitrogen and oxygen atoms in total. The van der Waals surface area contributed by atoms with Gasteiger partial charge in [0.2, 0.25) is 0 Å². The highest BCUT2D eigenvalue weighted by Crippen LogP contribution is 2.24. The Morgan fingerprint density at radius 3 is 2.50 bits per heavy atom. The predicted octanol–water partition coefficient (Wildman–Crippen LogP) is 4.47. The Labute approximate surface area is 153 Å². The number of para-hydroxylation sites is 1. The lowest BCUT2D eigenvalue weighted by atomic mass is 10.0. The third-order valence-electron chi connectivity index (χ3n) is 3.85. The highest BCUT2D eigenvalue weighted by molar-refractivity contribution is 6.07. The standard InChI is InChI=1S/C21H21N3O2/c1-14(2)19-9-4-5-10-20(19)24-21(26)17(12-22)13-23-18-8-6-7-16(11-18)15(3)25/h4-11,13-14,23H,1-3H3,(H,24,26)/b17-13-. The van der Waals surface area contributed by atoms with Crippen LogP contribution in [0, 0.1) is 11.3 Å². The molecular formula is C21H21N3O2. The van der Waals surface area contributed by atoms with Gasteiger partial charge in [-0.1, -0.05) is 44.2 Å². The highest BCUT2D eigenvalue weighted by atomic mass is 16.1. The highest BCUT2D eigenvalue weighted by Gasteiger charge is 2.13. The van der Waals surface area contributed by atoms with Gasteiger partial charge in [-0.05, 0) is 36.6 Å². The van der Waals surface area contributed by atoms with Crippen LogP contribution >= 0.6 is 0 Å². The van der Waals surface area contributed by atoms with Crippen molar-refractivity contribution in [1.82, 2.24) is 0 Å². The lowest BCUT2D eigenvalue weighted by molar-refractivity contribution is -0.112. The van der Waals surface area contributed by atoms with E-state index >= 15 is 0 Å². The first kappa shape index (κ1) is 18.9. The molecular weight excluding hydrogens is 326 g/mol. The molecule has 2 N–H and O–H groups in total. The molecule has 0 saturated heterocycles. The quantitative estimate of drug-likeness (QED) is 0.459. The summed E-state index contributed by atoms with van der Waals surface area (Å²) in [5, 5.41) is 15.0. The van der Waals surface area contributed by atoms with Gasteiger partial charge in [-0.3, -0.25) is 9.59 Å². The van der Waals surface area contributed by atoms with Crippen LogP contribution in [0.25, 0.3) is 0 Å². The number of anilines is 2. The molecule has 5 heteroatoms. The van der Waals surface area contributed by atoms with E-state index in [-0.39, 0.29) is 17.3 Å². The van der Waals surface area contributed by atoms with E-state index in [2.05, 4.69) is 10.6 Å². The van der Waals surface area contributed by atoms with Crippen molar-refractivity contribution < 1.29 is 9.59 Å². The van der Waals surface area contributed by atoms with Gasteiger partial charge in [0.05, 0.1) is 0 Å². The van der Waals surface area contributed by atoms with E-state index < -0.39 is 5.91 Å². The van der Waals surface area contributed by atoms with Gasteiger partial charge in [0.1, 0.15) is 11.6 Å². The second kappa shape index (κ2) is 8.63. The number of nitrogens with zero attached hydrogens (tertiary/aromatic N) is 1. The second-order valence-corrected chi connectivity index (χ2v) is 6.15. The van der Waals surface area contributed by atoms with E-state index in [0.717, 1.165) is 5.56 Å². The molecule has 1 amide bonds. The number of carbonyl (C=O) groups is 2. The molecule has 0 aromatic heterocycles. The summed E-state index contributed by atoms with van der Waals surface area (Å²) in [5.74, 6) is -0.301. The van der Waals surface area contributed by atoms with Gasteiger partial charge in [-0.15, -0.1) is 0 Å². The minimum Gasteiger partial charge on any atom is -0.360 e. The second-order valence-electron chi connectivity index (χ2n) is 6.15. The van der Waals surface area contributed by atoms with E-state index in [1.165, 1.54) is 13.1 Å². The Morgan fingerprint density at radius 2 is 1.85 bits per heavy atom. The summed E-state index contributed by atoms with van der Waals surface area (Å²) >= 11 is 0. The van der Waals surface area contributed by atoms with Crippen LogP contribution in [-0.4, -0.2) is 11.7 Å². The smallest absolute Gasteiger partial charge is 0.267 e. The minimum atomic E-state index is -0.490. The van der Waals surface area contributed by atoms with E-state index in [1.54, 1.807) is 24.3 Å². The van der Waals surface area contributed by atoms with E-state index in [0.29, 0.717) is 16.9 Å². The van der Waals surface area contributed by atoms with Gasteiger partial charge < -0.3 is 10.6 Å². The average molecular weight is 347 g/mol. The zero-order chi connectivity index (χ0) is 19.1. The van der Waals surface area contributed by atoms with Crippen LogP contribution in [0.1, 0.15) is 42.6 Å². The largest absolute Gasteiger partial charge is 0.360 e. The summed E-state index contributed by atoms with van der Waals surface area (Å²) in [7, 11) is 0. The first-order chi connectivity index (χ1) is 12.4. The maximum absolute atomic E-state index is 12.4. The predicted molar refractivity (Wildman–Crippen MR) is 103 cm³/mol. The lowest BCUT2D eigenvalue weighted by Gasteiger charge is -2.13. The zero-order valence-corrected chi connectivity index (χ0v) is 15.0. The molecule has 0 radical (unpaired) electrons. The summed E-state index contributed by atoms with van der Waals surface area (Å²) in [6.45, 7) is 5.56. The number of hydrogen-bond acceptors (Lipinski definition) is 4. The molecule has 0 saturated carbocycles. The molecule has 0 aliphatic carbocycles. The number of ketones is 1. The van der Waals surface area contributed by atoms with Crippen LogP contribution in [0.15, 0.2) is 60.3 Å². The fourth-order valence-corrected chi connectivity index (χ4v) is 2.44. The van der Waals surface area contributed by atoms with E-state index in [9.17, 15) is 14.9 Å². The van der Waals surface area contributed by atoms with Crippen LogP contribution < -0.4 is 10.6 Å². The fourth-order valence-electron chi connectivity index (χ4n) is 2.44. The SMILES string of the molecule is CC(=O)c1cccc(N/C=C(/C#N)C(=O)Nc2ccccc2C(C)C)c1. The van der Waals surface area contributed by atoms with Crippen molar-refractivity contribution in [2.45, 2.75) is 26.7 Å². The molecule has 0 heterocycles. The van der Waals surface area contributed by atoms with Gasteiger partial charge in [0.25, 0.3) is 5.91 Å². The van der Waals surface area contributed by atoms with Gasteiger partial charge in [0, 0.05) is 23.1 Å². The number of amides is 1. The van der Waals surface area contributed by atoms with E-state index in [4.69, 9.17) is 0 Å². The van der Waals surface area contributed by atoms with Crippen LogP contribution in [0.3, 0.4) is 0 Å². The van der Waals surface area contributed by atoms with Crippen molar-refractivity contribution in [2.24, 2.45) is 0 Å². The number of Topliss-reactive ketones (excluding diaryl/α,β-unsaturated/α-hetero) is 1. The third-order valence-corrected chi connectivity index (χ3v) is 3.85. The zero-order valence-electron chi connectivity index (χ0n) is 15.0. The normalized spacial score (nSPS) is 11.0. The minimum absolute atomic E-state index is 0.0545. The Balaban J connectivity index is 2.17. The molecule has 0 aliphatic heterocycles. The summed E-state index contributed by atoms with van der Waals surface area (Å²) in [4.78, 5) is 23.8. The van der Waals surface area contributed by atoms with Crippen LogP contribution in [0.4, 0.5) is 11.4 Å². The van der Waals surface area contributed by atoms with Crippen molar-refractivity contribution in [3.05, 3.63) is 71.4 Å². The molecule has 2 aromatic rings. The van der Waals surface area contributed by atoms with Crippen molar-refractivity contribution in [3.8, 4) is 6.07 Å². The molecule has 0 unspecified atom stereocenters. The summed E-state index contributed by atoms with van der Waals surface area (Å²) in [5.41, 5.74) is 2.81. The maximum Gasteiger partial charge on any atom is 0.267 e. The number of hydrogen-bond donors (Lipinski definition) is 2. The average Bonchev–Trinajstić information content (AvgIpc) is 2.62. The van der Waals surface area contributed by atoms with Crippen molar-refractivity contribution in [3.63, 3.8) is 0 Å². The Hall–Kier alpha value is -3.39. The summed E-state index contributed by atoms with van der Waals surface area (Å²) in [6, 6.07) is 16.3. The Bertz CT molecular complexity index is 892. The monoisotopic (exact) mass is 347 g/mol. The van der Waals surface area contributed by atoms with Gasteiger partial charge >= 0.3 is 0 Å². The molecule has 0 fully saturated rings. The van der Waals surface area contributed by atoms with Crippen molar-refractivity contribution in [1.29, 1.82) is 5.26 Å². The van der Waals surface area contributed by atoms with Gasteiger partial charge in [0.15, 0.2) is 5.78 Å². The van der Waals surface area contributed by atoms with Gasteiger partial charge in [-0.2, -0.15) is 5.26 Å². The first-order valence-electron chi connectivity index (χ1n) is 8.30. The first-order valence-corrected chi connectivity index (χ1v) is 8.30. The lowest BCUT2D eigenvalue weighted by Crippen LogP contribution is -2.16. The van der Waals surface area contributed by atoms with E-state index in [1.807, 2.05) is 44.2 Å². The molecule has 2 rings (SSSR count). The molecule has 0 aliphatic rings. The van der Waals surface area contributed by atoms with Crippen LogP contribution in [0.5, 0.6) is 0 Å². The fraction of sp³-hybridized carbons (Fsp3) is 0.190. The van der Waals surface area contributed by atoms with Crippen molar-refractivity contribution in [2.75, 3.05) is 10.6 Å². The van der Waals surface area contributed by atoms with Crippen molar-refractivity contribution >= 4 is 23.1 Å². The number of rotatable bonds is 6. The van der Waals surface area contributed by atoms with Crippen LogP contribution in [-0.2, 0) is 4.79 Å². The molecule has 26 heavy (non-hydrogen) atoms. The molecule has 2 aromatic carbocycles. The Morgan fingerprint density at radius 1 is 1.12 bits per heavy atom. The summed E-state index contributed by atoms with van der Waals surface area (Å²) < 4.78 is 0. The molecule has 0 spiro atoms. The van der Waals surface area contributed by atoms with Crippen LogP contribution in [0.2, 0.25) is 0 Å². The number of benzene rings is 2. The topological polar surface area (TPSA) is 82.0 Å². The third kappa shape index (κ3) is 4.81. The summed E-state index contributed by atoms with van der Waals surface area (Å²) in [6.07, 6.45) is 1.34. The Kier molecular flexibility index (Phi) is 6.29. The number of nitrogens with one attached hydrogen (secondary N) is 2. The molecule has 0 atom stereocenters. The van der Waals surface area contributed by atoms with Gasteiger partial charge in [-0.25, -0.2) is 0 Å². The molecule has 0 bridgehead atoms.